The van der Waals surface area contributed by atoms with Gasteiger partial charge in [-0.2, -0.15) is 5.10 Å². The number of carbonyl (C=O) groups is 1. The molecule has 0 unspecified atom stereocenters. The number of hydrazone groups is 1. The summed E-state index contributed by atoms with van der Waals surface area (Å²) in [6.45, 7) is 0.0632. The lowest BCUT2D eigenvalue weighted by Crippen LogP contribution is -2.25. The van der Waals surface area contributed by atoms with Crippen molar-refractivity contribution in [3.63, 3.8) is 0 Å². The van der Waals surface area contributed by atoms with Crippen LogP contribution < -0.4 is 10.7 Å². The average Bonchev–Trinajstić information content (AvgIpc) is 2.91. The van der Waals surface area contributed by atoms with Crippen LogP contribution in [0.5, 0.6) is 0 Å². The molecule has 0 aliphatic rings. The van der Waals surface area contributed by atoms with Crippen LogP contribution in [0.4, 0.5) is 10.1 Å². The third-order valence-electron chi connectivity index (χ3n) is 2.31. The third-order valence-corrected chi connectivity index (χ3v) is 2.31. The van der Waals surface area contributed by atoms with E-state index in [1.54, 1.807) is 18.3 Å². The van der Waals surface area contributed by atoms with Gasteiger partial charge in [0.2, 0.25) is 0 Å². The number of hydrogen-bond donors (Lipinski definition) is 3. The molecule has 1 heterocycles. The number of H-pyrrole nitrogens is 1. The second kappa shape index (κ2) is 6.34. The maximum atomic E-state index is 12.7. The van der Waals surface area contributed by atoms with E-state index in [2.05, 4.69) is 20.8 Å². The van der Waals surface area contributed by atoms with Crippen molar-refractivity contribution in [3.8, 4) is 0 Å². The molecular formula is C13H13FN4O. The highest BCUT2D eigenvalue weighted by atomic mass is 19.1. The van der Waals surface area contributed by atoms with Crippen LogP contribution in [0.2, 0.25) is 0 Å². The van der Waals surface area contributed by atoms with Gasteiger partial charge in [-0.25, -0.2) is 9.82 Å². The van der Waals surface area contributed by atoms with Crippen LogP contribution in [0.25, 0.3) is 0 Å². The molecule has 98 valence electrons. The van der Waals surface area contributed by atoms with E-state index in [4.69, 9.17) is 0 Å². The highest BCUT2D eigenvalue weighted by Crippen LogP contribution is 2.07. The Bertz CT molecular complexity index is 549. The molecule has 19 heavy (non-hydrogen) atoms. The Morgan fingerprint density at radius 2 is 2.11 bits per heavy atom. The van der Waals surface area contributed by atoms with Gasteiger partial charge in [-0.05, 0) is 36.4 Å². The predicted molar refractivity (Wildman–Crippen MR) is 71.4 cm³/mol. The summed E-state index contributed by atoms with van der Waals surface area (Å²) in [5, 5.41) is 6.64. The van der Waals surface area contributed by atoms with E-state index < -0.39 is 0 Å². The molecule has 2 rings (SSSR count). The van der Waals surface area contributed by atoms with Crippen molar-refractivity contribution < 1.29 is 9.18 Å². The summed E-state index contributed by atoms with van der Waals surface area (Å²) < 4.78 is 12.7. The minimum absolute atomic E-state index is 0.0632. The Labute approximate surface area is 109 Å². The molecule has 5 nitrogen and oxygen atoms in total. The number of carbonyl (C=O) groups excluding carboxylic acids is 1. The second-order valence-corrected chi connectivity index (χ2v) is 3.78. The minimum atomic E-state index is -0.314. The fourth-order valence-electron chi connectivity index (χ4n) is 1.39. The van der Waals surface area contributed by atoms with Crippen molar-refractivity contribution in [1.82, 2.24) is 10.4 Å². The van der Waals surface area contributed by atoms with Gasteiger partial charge in [0, 0.05) is 11.9 Å². The first-order valence-corrected chi connectivity index (χ1v) is 5.69. The molecule has 2 aromatic rings. The fraction of sp³-hybridized carbons (Fsp3) is 0.0769. The van der Waals surface area contributed by atoms with Gasteiger partial charge in [0.25, 0.3) is 5.91 Å². The Hall–Kier alpha value is -2.63. The summed E-state index contributed by atoms with van der Waals surface area (Å²) in [6, 6.07) is 9.43. The fourth-order valence-corrected chi connectivity index (χ4v) is 1.39. The Kier molecular flexibility index (Phi) is 4.28. The largest absolute Gasteiger partial charge is 0.376 e. The van der Waals surface area contributed by atoms with Crippen molar-refractivity contribution in [2.45, 2.75) is 0 Å². The second-order valence-electron chi connectivity index (χ2n) is 3.78. The quantitative estimate of drug-likeness (QED) is 0.566. The molecule has 0 aliphatic heterocycles. The van der Waals surface area contributed by atoms with Crippen molar-refractivity contribution in [3.05, 3.63) is 54.1 Å². The number of aromatic amines is 1. The maximum absolute atomic E-state index is 12.7. The predicted octanol–water partition coefficient (Wildman–Crippen LogP) is 1.72. The maximum Gasteiger partial charge on any atom is 0.259 e. The van der Waals surface area contributed by atoms with E-state index in [1.807, 2.05) is 12.1 Å². The monoisotopic (exact) mass is 260 g/mol. The van der Waals surface area contributed by atoms with Crippen LogP contribution in [0.15, 0.2) is 47.7 Å². The standard InChI is InChI=1S/C13H13FN4O/c14-10-3-5-11(6-4-10)16-9-13(19)18-17-8-12-2-1-7-15-12/h1-8,15-16H,9H2,(H,18,19)/b17-8-. The number of nitrogens with one attached hydrogen (secondary N) is 3. The number of amides is 1. The molecule has 1 aromatic carbocycles. The molecule has 1 aromatic heterocycles. The highest BCUT2D eigenvalue weighted by Gasteiger charge is 1.99. The Balaban J connectivity index is 1.74. The first-order chi connectivity index (χ1) is 9.24. The van der Waals surface area contributed by atoms with E-state index in [9.17, 15) is 9.18 Å². The summed E-state index contributed by atoms with van der Waals surface area (Å²) >= 11 is 0. The molecule has 3 N–H and O–H groups in total. The van der Waals surface area contributed by atoms with Gasteiger partial charge in [-0.1, -0.05) is 0 Å². The molecule has 0 saturated heterocycles. The lowest BCUT2D eigenvalue weighted by molar-refractivity contribution is -0.119. The number of anilines is 1. The molecule has 0 radical (unpaired) electrons. The topological polar surface area (TPSA) is 69.3 Å². The van der Waals surface area contributed by atoms with Gasteiger partial charge in [0.1, 0.15) is 5.82 Å². The molecule has 0 aliphatic carbocycles. The summed E-state index contributed by atoms with van der Waals surface area (Å²) in [6.07, 6.45) is 3.27. The van der Waals surface area contributed by atoms with Gasteiger partial charge < -0.3 is 10.3 Å². The molecular weight excluding hydrogens is 247 g/mol. The van der Waals surface area contributed by atoms with Gasteiger partial charge >= 0.3 is 0 Å². The summed E-state index contributed by atoms with van der Waals surface area (Å²) in [5.74, 6) is -0.599. The van der Waals surface area contributed by atoms with Crippen molar-refractivity contribution >= 4 is 17.8 Å². The van der Waals surface area contributed by atoms with Crippen molar-refractivity contribution in [2.75, 3.05) is 11.9 Å². The Morgan fingerprint density at radius 3 is 2.79 bits per heavy atom. The SMILES string of the molecule is O=C(CNc1ccc(F)cc1)N/N=C\c1ccc[nH]1. The van der Waals surface area contributed by atoms with Crippen LogP contribution in [0, 0.1) is 5.82 Å². The molecule has 0 saturated carbocycles. The van der Waals surface area contributed by atoms with Crippen LogP contribution in [-0.2, 0) is 4.79 Å². The first-order valence-electron chi connectivity index (χ1n) is 5.69. The normalized spacial score (nSPS) is 10.6. The minimum Gasteiger partial charge on any atom is -0.376 e. The molecule has 0 fully saturated rings. The van der Waals surface area contributed by atoms with E-state index in [1.165, 1.54) is 18.3 Å². The zero-order valence-corrected chi connectivity index (χ0v) is 10.1. The number of hydrogen-bond acceptors (Lipinski definition) is 3. The first kappa shape index (κ1) is 12.8. The summed E-state index contributed by atoms with van der Waals surface area (Å²) in [7, 11) is 0. The van der Waals surface area contributed by atoms with E-state index >= 15 is 0 Å². The van der Waals surface area contributed by atoms with Crippen molar-refractivity contribution in [2.24, 2.45) is 5.10 Å². The number of aromatic nitrogens is 1. The lowest BCUT2D eigenvalue weighted by atomic mass is 10.3. The van der Waals surface area contributed by atoms with Crippen molar-refractivity contribution in [1.29, 1.82) is 0 Å². The number of halogens is 1. The van der Waals surface area contributed by atoms with Crippen LogP contribution in [0.1, 0.15) is 5.69 Å². The number of rotatable bonds is 5. The zero-order chi connectivity index (χ0) is 13.5. The van der Waals surface area contributed by atoms with Gasteiger partial charge in [-0.3, -0.25) is 4.79 Å². The molecule has 6 heteroatoms. The smallest absolute Gasteiger partial charge is 0.259 e. The van der Waals surface area contributed by atoms with Gasteiger partial charge in [-0.15, -0.1) is 0 Å². The van der Waals surface area contributed by atoms with Gasteiger partial charge in [0.15, 0.2) is 0 Å². The van der Waals surface area contributed by atoms with E-state index in [0.717, 1.165) is 5.69 Å². The molecule has 1 amide bonds. The van der Waals surface area contributed by atoms with Crippen LogP contribution in [0.3, 0.4) is 0 Å². The summed E-state index contributed by atoms with van der Waals surface area (Å²) in [4.78, 5) is 14.4. The molecule has 0 atom stereocenters. The van der Waals surface area contributed by atoms with Gasteiger partial charge in [0.05, 0.1) is 18.5 Å². The lowest BCUT2D eigenvalue weighted by Gasteiger charge is -2.04. The van der Waals surface area contributed by atoms with E-state index in [-0.39, 0.29) is 18.3 Å². The zero-order valence-electron chi connectivity index (χ0n) is 10.1. The van der Waals surface area contributed by atoms with E-state index in [0.29, 0.717) is 5.69 Å². The van der Waals surface area contributed by atoms with Crippen LogP contribution in [-0.4, -0.2) is 23.7 Å². The van der Waals surface area contributed by atoms with Crippen LogP contribution >= 0.6 is 0 Å². The summed E-state index contributed by atoms with van der Waals surface area (Å²) in [5.41, 5.74) is 3.85. The third kappa shape index (κ3) is 4.27. The molecule has 0 bridgehead atoms. The number of benzene rings is 1. The molecule has 0 spiro atoms. The average molecular weight is 260 g/mol. The number of nitrogens with zero attached hydrogens (tertiary/aromatic N) is 1. The highest BCUT2D eigenvalue weighted by molar-refractivity contribution is 5.83. The Morgan fingerprint density at radius 1 is 1.32 bits per heavy atom.